The molecule has 2 aromatic rings. The quantitative estimate of drug-likeness (QED) is 0.724. The van der Waals surface area contributed by atoms with Crippen LogP contribution >= 0.6 is 0 Å². The summed E-state index contributed by atoms with van der Waals surface area (Å²) in [5.41, 5.74) is -0.196. The number of piperazine rings is 1. The molecular weight excluding hydrogens is 388 g/mol. The van der Waals surface area contributed by atoms with Crippen molar-refractivity contribution < 1.29 is 17.6 Å². The van der Waals surface area contributed by atoms with Crippen LogP contribution in [0.15, 0.2) is 18.3 Å². The molecule has 2 saturated heterocycles. The maximum absolute atomic E-state index is 14.2. The van der Waals surface area contributed by atoms with E-state index in [9.17, 15) is 17.6 Å². The summed E-state index contributed by atoms with van der Waals surface area (Å²) in [6.45, 7) is 5.86. The van der Waals surface area contributed by atoms with E-state index in [0.717, 1.165) is 43.4 Å². The van der Waals surface area contributed by atoms with Crippen LogP contribution in [0.4, 0.5) is 35.1 Å². The van der Waals surface area contributed by atoms with Gasteiger partial charge in [0.05, 0.1) is 5.56 Å². The van der Waals surface area contributed by atoms with Gasteiger partial charge in [0.2, 0.25) is 5.95 Å². The summed E-state index contributed by atoms with van der Waals surface area (Å²) >= 11 is 0. The van der Waals surface area contributed by atoms with Gasteiger partial charge in [-0.2, -0.15) is 18.2 Å². The zero-order valence-electron chi connectivity index (χ0n) is 16.1. The molecule has 0 atom stereocenters. The monoisotopic (exact) mass is 410 g/mol. The Hall–Kier alpha value is -2.65. The summed E-state index contributed by atoms with van der Waals surface area (Å²) in [5.74, 6) is 0.548. The molecule has 0 N–H and O–H groups in total. The van der Waals surface area contributed by atoms with Crippen molar-refractivity contribution >= 4 is 17.6 Å². The highest BCUT2D eigenvalue weighted by molar-refractivity contribution is 5.49. The van der Waals surface area contributed by atoms with Crippen molar-refractivity contribution in [3.8, 4) is 0 Å². The molecule has 2 aliphatic rings. The normalized spacial score (nSPS) is 17.9. The van der Waals surface area contributed by atoms with Crippen LogP contribution in [0.5, 0.6) is 0 Å². The van der Waals surface area contributed by atoms with E-state index in [0.29, 0.717) is 38.4 Å². The van der Waals surface area contributed by atoms with Crippen LogP contribution in [-0.4, -0.2) is 54.2 Å². The van der Waals surface area contributed by atoms with Gasteiger partial charge in [-0.15, -0.1) is 0 Å². The standard InChI is InChI=1S/C19H22F4N6/c1-13-10-16(26-18(25-13)29-4-2-3-5-29)27-6-8-28(9-7-27)17-15(20)11-14(12-24-17)19(21,22)23/h10-12H,2-9H2,1H3. The zero-order chi connectivity index (χ0) is 20.6. The number of halogens is 4. The number of hydrogen-bond donors (Lipinski definition) is 0. The lowest BCUT2D eigenvalue weighted by Gasteiger charge is -2.36. The van der Waals surface area contributed by atoms with Crippen molar-refractivity contribution in [3.05, 3.63) is 35.4 Å². The minimum atomic E-state index is -4.61. The lowest BCUT2D eigenvalue weighted by atomic mass is 10.2. The summed E-state index contributed by atoms with van der Waals surface area (Å²) in [5, 5.41) is 0. The van der Waals surface area contributed by atoms with Crippen molar-refractivity contribution in [1.29, 1.82) is 0 Å². The number of rotatable bonds is 3. The topological polar surface area (TPSA) is 48.4 Å². The molecule has 4 rings (SSSR count). The minimum Gasteiger partial charge on any atom is -0.353 e. The van der Waals surface area contributed by atoms with Gasteiger partial charge >= 0.3 is 6.18 Å². The lowest BCUT2D eigenvalue weighted by Crippen LogP contribution is -2.47. The van der Waals surface area contributed by atoms with Gasteiger partial charge in [-0.05, 0) is 25.8 Å². The van der Waals surface area contributed by atoms with Crippen molar-refractivity contribution in [2.45, 2.75) is 25.9 Å². The second kappa shape index (κ2) is 7.64. The minimum absolute atomic E-state index is 0.0470. The smallest absolute Gasteiger partial charge is 0.353 e. The van der Waals surface area contributed by atoms with Crippen LogP contribution in [0, 0.1) is 12.7 Å². The fraction of sp³-hybridized carbons (Fsp3) is 0.526. The fourth-order valence-corrected chi connectivity index (χ4v) is 3.72. The van der Waals surface area contributed by atoms with Crippen LogP contribution in [0.1, 0.15) is 24.1 Å². The first-order valence-corrected chi connectivity index (χ1v) is 9.64. The first kappa shape index (κ1) is 19.7. The first-order valence-electron chi connectivity index (χ1n) is 9.64. The molecule has 4 heterocycles. The summed E-state index contributed by atoms with van der Waals surface area (Å²) in [6.07, 6.45) is -1.65. The molecule has 156 valence electrons. The predicted octanol–water partition coefficient (Wildman–Crippen LogP) is 3.26. The van der Waals surface area contributed by atoms with Crippen LogP contribution in [0.3, 0.4) is 0 Å². The molecule has 2 fully saturated rings. The molecule has 2 aliphatic heterocycles. The highest BCUT2D eigenvalue weighted by atomic mass is 19.4. The van der Waals surface area contributed by atoms with Gasteiger partial charge < -0.3 is 14.7 Å². The Morgan fingerprint density at radius 3 is 2.14 bits per heavy atom. The number of pyridine rings is 1. The zero-order valence-corrected chi connectivity index (χ0v) is 16.1. The van der Waals surface area contributed by atoms with E-state index in [1.165, 1.54) is 0 Å². The lowest BCUT2D eigenvalue weighted by molar-refractivity contribution is -0.138. The second-order valence-electron chi connectivity index (χ2n) is 7.36. The number of aryl methyl sites for hydroxylation is 1. The summed E-state index contributed by atoms with van der Waals surface area (Å²) in [6, 6.07) is 2.43. The summed E-state index contributed by atoms with van der Waals surface area (Å²) < 4.78 is 52.4. The molecule has 0 amide bonds. The Labute approximate surface area is 166 Å². The average molecular weight is 410 g/mol. The second-order valence-corrected chi connectivity index (χ2v) is 7.36. The largest absolute Gasteiger partial charge is 0.417 e. The Kier molecular flexibility index (Phi) is 5.18. The molecule has 6 nitrogen and oxygen atoms in total. The van der Waals surface area contributed by atoms with E-state index in [4.69, 9.17) is 4.98 Å². The Morgan fingerprint density at radius 2 is 1.52 bits per heavy atom. The number of alkyl halides is 3. The third-order valence-corrected chi connectivity index (χ3v) is 5.27. The molecule has 0 radical (unpaired) electrons. The van der Waals surface area contributed by atoms with E-state index < -0.39 is 17.6 Å². The highest BCUT2D eigenvalue weighted by Gasteiger charge is 2.33. The number of hydrogen-bond acceptors (Lipinski definition) is 6. The fourth-order valence-electron chi connectivity index (χ4n) is 3.72. The van der Waals surface area contributed by atoms with Crippen molar-refractivity contribution in [2.24, 2.45) is 0 Å². The molecule has 0 saturated carbocycles. The third-order valence-electron chi connectivity index (χ3n) is 5.27. The van der Waals surface area contributed by atoms with Gasteiger partial charge in [0, 0.05) is 57.2 Å². The van der Waals surface area contributed by atoms with Gasteiger partial charge in [-0.25, -0.2) is 14.4 Å². The number of nitrogens with zero attached hydrogens (tertiary/aromatic N) is 6. The van der Waals surface area contributed by atoms with Gasteiger partial charge in [-0.1, -0.05) is 0 Å². The van der Waals surface area contributed by atoms with Crippen molar-refractivity contribution in [2.75, 3.05) is 54.0 Å². The average Bonchev–Trinajstić information content (AvgIpc) is 3.22. The maximum Gasteiger partial charge on any atom is 0.417 e. The van der Waals surface area contributed by atoms with E-state index in [2.05, 4.69) is 19.8 Å². The molecule has 0 aliphatic carbocycles. The Bertz CT molecular complexity index is 873. The van der Waals surface area contributed by atoms with Gasteiger partial charge in [0.25, 0.3) is 0 Å². The van der Waals surface area contributed by atoms with Crippen LogP contribution in [-0.2, 0) is 6.18 Å². The van der Waals surface area contributed by atoms with E-state index >= 15 is 0 Å². The van der Waals surface area contributed by atoms with Crippen LogP contribution < -0.4 is 14.7 Å². The molecule has 29 heavy (non-hydrogen) atoms. The molecular formula is C19H22F4N6. The summed E-state index contributed by atoms with van der Waals surface area (Å²) in [4.78, 5) is 18.9. The molecule has 0 bridgehead atoms. The summed E-state index contributed by atoms with van der Waals surface area (Å²) in [7, 11) is 0. The number of aromatic nitrogens is 3. The van der Waals surface area contributed by atoms with Crippen molar-refractivity contribution in [1.82, 2.24) is 15.0 Å². The van der Waals surface area contributed by atoms with Gasteiger partial charge in [0.1, 0.15) is 5.82 Å². The van der Waals surface area contributed by atoms with Crippen LogP contribution in [0.2, 0.25) is 0 Å². The van der Waals surface area contributed by atoms with Crippen molar-refractivity contribution in [3.63, 3.8) is 0 Å². The SMILES string of the molecule is Cc1cc(N2CCN(c3ncc(C(F)(F)F)cc3F)CC2)nc(N2CCCC2)n1. The molecule has 2 aromatic heterocycles. The van der Waals surface area contributed by atoms with Gasteiger partial charge in [-0.3, -0.25) is 0 Å². The Balaban J connectivity index is 1.46. The third kappa shape index (κ3) is 4.20. The Morgan fingerprint density at radius 1 is 0.862 bits per heavy atom. The molecule has 0 spiro atoms. The predicted molar refractivity (Wildman–Crippen MR) is 102 cm³/mol. The highest BCUT2D eigenvalue weighted by Crippen LogP contribution is 2.31. The van der Waals surface area contributed by atoms with E-state index in [-0.39, 0.29) is 5.82 Å². The number of anilines is 3. The maximum atomic E-state index is 14.2. The first-order chi connectivity index (χ1) is 13.8. The van der Waals surface area contributed by atoms with Crippen LogP contribution in [0.25, 0.3) is 0 Å². The molecule has 10 heteroatoms. The molecule has 0 unspecified atom stereocenters. The van der Waals surface area contributed by atoms with E-state index in [1.807, 2.05) is 13.0 Å². The van der Waals surface area contributed by atoms with Gasteiger partial charge in [0.15, 0.2) is 11.6 Å². The van der Waals surface area contributed by atoms with E-state index in [1.54, 1.807) is 4.90 Å². The molecule has 0 aromatic carbocycles.